The second-order valence-corrected chi connectivity index (χ2v) is 15.6. The van der Waals surface area contributed by atoms with Gasteiger partial charge in [0.1, 0.15) is 23.4 Å². The molecule has 3 aliphatic rings. The third-order valence-corrected chi connectivity index (χ3v) is 10.8. The van der Waals surface area contributed by atoms with Crippen molar-refractivity contribution >= 4 is 52.4 Å². The summed E-state index contributed by atoms with van der Waals surface area (Å²) in [5.41, 5.74) is 2.02. The molecule has 16 heteroatoms. The molecule has 3 amide bonds. The number of esters is 1. The number of rotatable bonds is 12. The minimum Gasteiger partial charge on any atom is -0.466 e. The number of halogens is 2. The first kappa shape index (κ1) is 38.9. The zero-order valence-corrected chi connectivity index (χ0v) is 32.8. The number of anilines is 1. The van der Waals surface area contributed by atoms with Gasteiger partial charge in [-0.25, -0.2) is 19.0 Å². The zero-order chi connectivity index (χ0) is 39.6. The van der Waals surface area contributed by atoms with E-state index >= 15 is 0 Å². The number of ether oxygens (including phenoxy) is 3. The molecule has 3 aromatic carbocycles. The monoisotopic (exact) mass is 801 g/mol. The van der Waals surface area contributed by atoms with Gasteiger partial charge >= 0.3 is 12.0 Å². The maximum atomic E-state index is 14.1. The molecule has 2 fully saturated rings. The molecule has 4 heterocycles. The first-order valence-corrected chi connectivity index (χ1v) is 19.2. The Labute approximate surface area is 332 Å². The van der Waals surface area contributed by atoms with Crippen molar-refractivity contribution in [1.82, 2.24) is 25.4 Å². The third-order valence-electron chi connectivity index (χ3n) is 9.70. The normalized spacial score (nSPS) is 18.7. The molecule has 0 spiro atoms. The lowest BCUT2D eigenvalue weighted by Gasteiger charge is -2.38. The molecular formula is C40H41ClFN7O6S. The highest BCUT2D eigenvalue weighted by atomic mass is 35.5. The summed E-state index contributed by atoms with van der Waals surface area (Å²) in [5.74, 6) is 0.311. The molecule has 4 aromatic rings. The van der Waals surface area contributed by atoms with Crippen LogP contribution < -0.4 is 20.3 Å². The van der Waals surface area contributed by atoms with E-state index in [9.17, 15) is 18.8 Å². The van der Waals surface area contributed by atoms with Gasteiger partial charge in [-0.1, -0.05) is 17.7 Å². The molecule has 292 valence electrons. The van der Waals surface area contributed by atoms with Gasteiger partial charge in [-0.2, -0.15) is 0 Å². The summed E-state index contributed by atoms with van der Waals surface area (Å²) in [6, 6.07) is 17.1. The Bertz CT molecular complexity index is 2160. The number of nitrogens with zero attached hydrogens (tertiary/aromatic N) is 5. The number of nitrogens with one attached hydrogen (secondary N) is 2. The summed E-state index contributed by atoms with van der Waals surface area (Å²) in [4.78, 5) is 54.8. The van der Waals surface area contributed by atoms with Crippen LogP contribution in [0.4, 0.5) is 14.9 Å². The Morgan fingerprint density at radius 3 is 2.43 bits per heavy atom. The minimum atomic E-state index is -0.868. The van der Waals surface area contributed by atoms with Crippen LogP contribution in [0.25, 0.3) is 0 Å². The number of amidine groups is 1. The summed E-state index contributed by atoms with van der Waals surface area (Å²) in [6.45, 7) is 6.55. The molecule has 7 rings (SSSR count). The first-order valence-electron chi connectivity index (χ1n) is 17.9. The van der Waals surface area contributed by atoms with Crippen molar-refractivity contribution in [3.05, 3.63) is 117 Å². The van der Waals surface area contributed by atoms with E-state index < -0.39 is 23.4 Å². The highest BCUT2D eigenvalue weighted by Gasteiger charge is 2.42. The van der Waals surface area contributed by atoms with Crippen LogP contribution in [0.5, 0.6) is 11.5 Å². The number of aliphatic imine (C=N–C) groups is 1. The number of carbonyl (C=O) groups is 3. The largest absolute Gasteiger partial charge is 0.466 e. The number of urea groups is 1. The molecule has 0 saturated carbocycles. The molecule has 3 aliphatic heterocycles. The number of amides is 3. The SMILES string of the molecule is COCC(C)(C)NC(=O)c1ccc(Oc2ccc(N3C[C@@H]4CN(CC5=C(C(=O)OC)[C@H](c6ccc(F)cc6Cl)N=C(c6nccs6)N5)CCN4C3=O)cc2)cc1. The van der Waals surface area contributed by atoms with E-state index in [-0.39, 0.29) is 28.6 Å². The smallest absolute Gasteiger partial charge is 0.338 e. The fourth-order valence-electron chi connectivity index (χ4n) is 7.10. The van der Waals surface area contributed by atoms with Crippen LogP contribution in [-0.2, 0) is 14.3 Å². The van der Waals surface area contributed by atoms with E-state index in [4.69, 9.17) is 30.8 Å². The van der Waals surface area contributed by atoms with Gasteiger partial charge in [0.05, 0.1) is 30.9 Å². The summed E-state index contributed by atoms with van der Waals surface area (Å²) in [6.07, 6.45) is 1.67. The van der Waals surface area contributed by atoms with E-state index in [0.717, 1.165) is 5.69 Å². The van der Waals surface area contributed by atoms with Crippen LogP contribution in [0.1, 0.15) is 40.8 Å². The van der Waals surface area contributed by atoms with Crippen LogP contribution in [0, 0.1) is 5.82 Å². The number of thiazole rings is 1. The zero-order valence-electron chi connectivity index (χ0n) is 31.3. The number of carbonyl (C=O) groups excluding carboxylic acids is 3. The third kappa shape index (κ3) is 8.40. The molecule has 56 heavy (non-hydrogen) atoms. The molecule has 1 aromatic heterocycles. The molecule has 2 saturated heterocycles. The van der Waals surface area contributed by atoms with Crippen molar-refractivity contribution in [1.29, 1.82) is 0 Å². The highest BCUT2D eigenvalue weighted by molar-refractivity contribution is 7.11. The Morgan fingerprint density at radius 1 is 1.04 bits per heavy atom. The molecule has 0 unspecified atom stereocenters. The molecular weight excluding hydrogens is 761 g/mol. The first-order chi connectivity index (χ1) is 26.9. The van der Waals surface area contributed by atoms with Crippen molar-refractivity contribution in [2.24, 2.45) is 4.99 Å². The number of hydrogen-bond donors (Lipinski definition) is 2. The lowest BCUT2D eigenvalue weighted by atomic mass is 9.95. The van der Waals surface area contributed by atoms with Gasteiger partial charge < -0.3 is 29.7 Å². The number of benzene rings is 3. The van der Waals surface area contributed by atoms with Crippen molar-refractivity contribution in [2.45, 2.75) is 31.5 Å². The van der Waals surface area contributed by atoms with Gasteiger partial charge in [-0.15, -0.1) is 11.3 Å². The van der Waals surface area contributed by atoms with Gasteiger partial charge in [0, 0.05) is 78.9 Å². The fraction of sp³-hybridized carbons (Fsp3) is 0.325. The lowest BCUT2D eigenvalue weighted by molar-refractivity contribution is -0.136. The lowest BCUT2D eigenvalue weighted by Crippen LogP contribution is -2.53. The van der Waals surface area contributed by atoms with Gasteiger partial charge in [-0.05, 0) is 74.5 Å². The summed E-state index contributed by atoms with van der Waals surface area (Å²) in [5, 5.41) is 8.88. The highest BCUT2D eigenvalue weighted by Crippen LogP contribution is 2.37. The van der Waals surface area contributed by atoms with Crippen LogP contribution in [0.15, 0.2) is 94.6 Å². The Hall–Kier alpha value is -5.35. The van der Waals surface area contributed by atoms with E-state index in [0.29, 0.717) is 78.5 Å². The predicted molar refractivity (Wildman–Crippen MR) is 211 cm³/mol. The van der Waals surface area contributed by atoms with E-state index in [1.165, 1.54) is 36.6 Å². The quantitative estimate of drug-likeness (QED) is 0.165. The Kier molecular flexibility index (Phi) is 11.4. The summed E-state index contributed by atoms with van der Waals surface area (Å²) in [7, 11) is 2.90. The Morgan fingerprint density at radius 2 is 1.77 bits per heavy atom. The minimum absolute atomic E-state index is 0.0830. The van der Waals surface area contributed by atoms with Gasteiger partial charge in [-0.3, -0.25) is 19.6 Å². The van der Waals surface area contributed by atoms with E-state index in [2.05, 4.69) is 20.5 Å². The predicted octanol–water partition coefficient (Wildman–Crippen LogP) is 6.03. The number of hydrogen-bond acceptors (Lipinski definition) is 11. The fourth-order valence-corrected chi connectivity index (χ4v) is 7.96. The van der Waals surface area contributed by atoms with Gasteiger partial charge in [0.2, 0.25) is 0 Å². The van der Waals surface area contributed by atoms with Gasteiger partial charge in [0.25, 0.3) is 5.91 Å². The summed E-state index contributed by atoms with van der Waals surface area (Å²) >= 11 is 7.91. The standard InChI is InChI=1S/C40H41ClFN7O6S/c1-40(2,23-53-3)46-36(50)24-5-10-28(11-6-24)55-29-12-8-26(9-13-29)49-21-27-20-47(16-17-48(27)39(49)52)22-32-33(38(51)54-4)34(30-14-7-25(42)19-31(30)41)45-35(44-32)37-43-15-18-56-37/h5-15,18-19,27,34H,16-17,20-23H2,1-4H3,(H,44,45)(H,46,50)/t27-,34-/m0/s1. The maximum absolute atomic E-state index is 14.1. The second-order valence-electron chi connectivity index (χ2n) is 14.3. The molecule has 0 aliphatic carbocycles. The number of fused-ring (bicyclic) bond motifs is 1. The molecule has 13 nitrogen and oxygen atoms in total. The van der Waals surface area contributed by atoms with E-state index in [1.807, 2.05) is 36.3 Å². The van der Waals surface area contributed by atoms with Crippen LogP contribution >= 0.6 is 22.9 Å². The Balaban J connectivity index is 1.03. The van der Waals surface area contributed by atoms with E-state index in [1.54, 1.807) is 54.6 Å². The molecule has 2 N–H and O–H groups in total. The van der Waals surface area contributed by atoms with Crippen molar-refractivity contribution < 1.29 is 33.0 Å². The number of aromatic nitrogens is 1. The van der Waals surface area contributed by atoms with Crippen molar-refractivity contribution in [3.63, 3.8) is 0 Å². The summed E-state index contributed by atoms with van der Waals surface area (Å²) < 4.78 is 30.5. The number of piperazine rings is 1. The van der Waals surface area contributed by atoms with Crippen LogP contribution in [0.2, 0.25) is 5.02 Å². The topological polar surface area (TPSA) is 138 Å². The molecule has 2 atom stereocenters. The average molecular weight is 802 g/mol. The van der Waals surface area contributed by atoms with Gasteiger partial charge in [0.15, 0.2) is 10.8 Å². The average Bonchev–Trinajstić information content (AvgIpc) is 3.83. The van der Waals surface area contributed by atoms with Crippen LogP contribution in [-0.4, -0.2) is 104 Å². The van der Waals surface area contributed by atoms with Crippen LogP contribution in [0.3, 0.4) is 0 Å². The molecule has 0 bridgehead atoms. The number of methoxy groups -OCH3 is 2. The second kappa shape index (κ2) is 16.4. The van der Waals surface area contributed by atoms with Crippen molar-refractivity contribution in [2.75, 3.05) is 58.5 Å². The molecule has 0 radical (unpaired) electrons. The van der Waals surface area contributed by atoms with Crippen molar-refractivity contribution in [3.8, 4) is 11.5 Å². The maximum Gasteiger partial charge on any atom is 0.338 e.